The van der Waals surface area contributed by atoms with Gasteiger partial charge >= 0.3 is 21.2 Å². The Hall–Kier alpha value is -0.840. The molecule has 1 aromatic carbocycles. The molecule has 90 valence electrons. The highest BCUT2D eigenvalue weighted by molar-refractivity contribution is 5.94. The largest absolute Gasteiger partial charge is 0.507 e. The van der Waals surface area contributed by atoms with E-state index >= 15 is 0 Å². The number of carbonyl (C=O) groups is 1. The highest BCUT2D eigenvalue weighted by atomic mass is 127. The van der Waals surface area contributed by atoms with Crippen LogP contribution in [0.3, 0.4) is 0 Å². The molecule has 0 heterocycles. The molecule has 0 bridgehead atoms. The summed E-state index contributed by atoms with van der Waals surface area (Å²) in [4.78, 5) is 11.9. The van der Waals surface area contributed by atoms with E-state index in [4.69, 9.17) is 0 Å². The summed E-state index contributed by atoms with van der Waals surface area (Å²) in [5.41, 5.74) is -0.238. The highest BCUT2D eigenvalue weighted by Gasteiger charge is 2.42. The zero-order chi connectivity index (χ0) is 12.5. The Morgan fingerprint density at radius 1 is 1.24 bits per heavy atom. The summed E-state index contributed by atoms with van der Waals surface area (Å²) in [6, 6.07) is 9.98. The van der Waals surface area contributed by atoms with E-state index < -0.39 is 21.2 Å². The number of hydrogen-bond donors (Lipinski definition) is 1. The first kappa shape index (κ1) is 12.6. The van der Waals surface area contributed by atoms with Gasteiger partial charge in [0.1, 0.15) is 0 Å². The van der Waals surface area contributed by atoms with E-state index in [-0.39, 0.29) is 11.2 Å². The van der Waals surface area contributed by atoms with Crippen LogP contribution in [-0.4, -0.2) is 10.9 Å². The van der Waals surface area contributed by atoms with E-state index in [0.717, 1.165) is 6.42 Å². The fourth-order valence-electron chi connectivity index (χ4n) is 1.77. The third-order valence-corrected chi connectivity index (χ3v) is 6.00. The van der Waals surface area contributed by atoms with Crippen molar-refractivity contribution in [3.8, 4) is 0 Å². The molecule has 0 spiro atoms. The van der Waals surface area contributed by atoms with Crippen LogP contribution in [0.4, 0.5) is 0 Å². The van der Waals surface area contributed by atoms with Gasteiger partial charge in [-0.25, -0.2) is 0 Å². The number of aliphatic hydroxyl groups excluding tert-OH is 1. The lowest BCUT2D eigenvalue weighted by Crippen LogP contribution is -3.61. The van der Waals surface area contributed by atoms with Crippen molar-refractivity contribution in [1.29, 1.82) is 0 Å². The van der Waals surface area contributed by atoms with Gasteiger partial charge in [-0.05, 0) is 18.6 Å². The Morgan fingerprint density at radius 2 is 1.88 bits per heavy atom. The maximum Gasteiger partial charge on any atom is 0.365 e. The molecule has 1 N–H and O–H groups in total. The van der Waals surface area contributed by atoms with Gasteiger partial charge in [0.2, 0.25) is 5.78 Å². The Balaban J connectivity index is 2.32. The van der Waals surface area contributed by atoms with Crippen molar-refractivity contribution in [2.45, 2.75) is 26.7 Å². The van der Waals surface area contributed by atoms with Gasteiger partial charge in [0.25, 0.3) is 3.58 Å². The normalized spacial score (nSPS) is 19.5. The molecule has 0 atom stereocenters. The predicted octanol–water partition coefficient (Wildman–Crippen LogP) is 0.104. The minimum atomic E-state index is -0.554. The van der Waals surface area contributed by atoms with Crippen LogP contribution < -0.4 is 21.2 Å². The first-order valence-electron chi connectivity index (χ1n) is 5.67. The SMILES string of the molecule is CC1(C)CCC(=O)C([I+]c2ccccc2)=C1O. The van der Waals surface area contributed by atoms with Crippen LogP contribution >= 0.6 is 0 Å². The number of ketones is 1. The van der Waals surface area contributed by atoms with Gasteiger partial charge in [0.05, 0.1) is 0 Å². The van der Waals surface area contributed by atoms with Crippen molar-refractivity contribution in [1.82, 2.24) is 0 Å². The molecular formula is C14H16IO2+. The van der Waals surface area contributed by atoms with Crippen molar-refractivity contribution >= 4 is 5.78 Å². The van der Waals surface area contributed by atoms with Crippen LogP contribution in [0.15, 0.2) is 39.7 Å². The second-order valence-corrected chi connectivity index (χ2v) is 7.72. The van der Waals surface area contributed by atoms with Crippen LogP contribution in [0.5, 0.6) is 0 Å². The van der Waals surface area contributed by atoms with E-state index in [1.807, 2.05) is 44.2 Å². The Kier molecular flexibility index (Phi) is 3.56. The number of aliphatic hydroxyl groups is 1. The Labute approximate surface area is 112 Å². The molecule has 17 heavy (non-hydrogen) atoms. The molecule has 2 nitrogen and oxygen atoms in total. The van der Waals surface area contributed by atoms with E-state index in [1.165, 1.54) is 3.57 Å². The second-order valence-electron chi connectivity index (χ2n) is 4.86. The molecule has 1 aliphatic rings. The van der Waals surface area contributed by atoms with Crippen LogP contribution in [0.2, 0.25) is 0 Å². The van der Waals surface area contributed by atoms with Crippen LogP contribution in [0.25, 0.3) is 0 Å². The van der Waals surface area contributed by atoms with Gasteiger partial charge in [-0.3, -0.25) is 4.79 Å². The average Bonchev–Trinajstić information content (AvgIpc) is 2.32. The molecule has 1 aromatic rings. The maximum atomic E-state index is 11.9. The standard InChI is InChI=1S/C14H15IO2/c1-14(2)9-8-11(16)12(13(14)17)15-10-6-4-3-5-7-10/h3-7H,8-9H2,1-2H3/p+1. The van der Waals surface area contributed by atoms with Crippen LogP contribution in [0, 0.1) is 8.99 Å². The summed E-state index contributed by atoms with van der Waals surface area (Å²) in [6.07, 6.45) is 1.32. The maximum absolute atomic E-state index is 11.9. The fraction of sp³-hybridized carbons (Fsp3) is 0.357. The highest BCUT2D eigenvalue weighted by Crippen LogP contribution is 2.34. The minimum absolute atomic E-state index is 0.137. The lowest BCUT2D eigenvalue weighted by atomic mass is 9.81. The summed E-state index contributed by atoms with van der Waals surface area (Å²) < 4.78 is 1.88. The van der Waals surface area contributed by atoms with Gasteiger partial charge < -0.3 is 5.11 Å². The third kappa shape index (κ3) is 2.70. The number of allylic oxidation sites excluding steroid dienone is 2. The molecule has 3 heteroatoms. The van der Waals surface area contributed by atoms with Crippen molar-refractivity contribution in [3.05, 3.63) is 43.2 Å². The number of rotatable bonds is 2. The number of carbonyl (C=O) groups excluding carboxylic acids is 1. The Morgan fingerprint density at radius 3 is 2.53 bits per heavy atom. The third-order valence-electron chi connectivity index (χ3n) is 3.01. The van der Waals surface area contributed by atoms with Gasteiger partial charge in [-0.2, -0.15) is 0 Å². The molecule has 2 rings (SSSR count). The van der Waals surface area contributed by atoms with E-state index in [2.05, 4.69) is 0 Å². The summed E-state index contributed by atoms with van der Waals surface area (Å²) in [6.45, 7) is 4.01. The van der Waals surface area contributed by atoms with E-state index in [9.17, 15) is 9.90 Å². The van der Waals surface area contributed by atoms with Crippen LogP contribution in [-0.2, 0) is 4.79 Å². The summed E-state index contributed by atoms with van der Waals surface area (Å²) >= 11 is -0.554. The number of halogens is 1. The first-order chi connectivity index (χ1) is 8.00. The topological polar surface area (TPSA) is 37.3 Å². The molecule has 0 radical (unpaired) electrons. The van der Waals surface area contributed by atoms with Crippen molar-refractivity contribution < 1.29 is 31.1 Å². The van der Waals surface area contributed by atoms with Gasteiger partial charge in [-0.15, -0.1) is 0 Å². The molecule has 1 aliphatic carbocycles. The van der Waals surface area contributed by atoms with Crippen LogP contribution in [0.1, 0.15) is 26.7 Å². The zero-order valence-electron chi connectivity index (χ0n) is 10.0. The quantitative estimate of drug-likeness (QED) is 0.774. The molecule has 0 saturated carbocycles. The first-order valence-corrected chi connectivity index (χ1v) is 7.83. The Bertz CT molecular complexity index is 460. The number of Topliss-reactive ketones (excluding diaryl/α,β-unsaturated/α-hetero) is 1. The lowest BCUT2D eigenvalue weighted by molar-refractivity contribution is -0.573. The molecule has 0 fully saturated rings. The van der Waals surface area contributed by atoms with E-state index in [1.54, 1.807) is 0 Å². The fourth-order valence-corrected chi connectivity index (χ4v) is 4.72. The van der Waals surface area contributed by atoms with Gasteiger partial charge in [0.15, 0.2) is 9.33 Å². The van der Waals surface area contributed by atoms with Crippen molar-refractivity contribution in [3.63, 3.8) is 0 Å². The molecule has 0 unspecified atom stereocenters. The van der Waals surface area contributed by atoms with Crippen molar-refractivity contribution in [2.75, 3.05) is 0 Å². The second kappa shape index (κ2) is 4.80. The molecule has 0 amide bonds. The smallest absolute Gasteiger partial charge is 0.365 e. The average molecular weight is 343 g/mol. The summed E-state index contributed by atoms with van der Waals surface area (Å²) in [5.74, 6) is 0.462. The number of hydrogen-bond acceptors (Lipinski definition) is 2. The lowest BCUT2D eigenvalue weighted by Gasteiger charge is -2.26. The predicted molar refractivity (Wildman–Crippen MR) is 62.8 cm³/mol. The van der Waals surface area contributed by atoms with E-state index in [0.29, 0.717) is 15.8 Å². The zero-order valence-corrected chi connectivity index (χ0v) is 12.2. The summed E-state index contributed by atoms with van der Waals surface area (Å²) in [5, 5.41) is 10.2. The van der Waals surface area contributed by atoms with Gasteiger partial charge in [0, 0.05) is 11.8 Å². The monoisotopic (exact) mass is 343 g/mol. The van der Waals surface area contributed by atoms with Gasteiger partial charge in [-0.1, -0.05) is 32.0 Å². The molecule has 0 aliphatic heterocycles. The molecular weight excluding hydrogens is 327 g/mol. The minimum Gasteiger partial charge on any atom is -0.507 e. The number of benzene rings is 1. The molecule has 0 saturated heterocycles. The van der Waals surface area contributed by atoms with Crippen molar-refractivity contribution in [2.24, 2.45) is 5.41 Å². The summed E-state index contributed by atoms with van der Waals surface area (Å²) in [7, 11) is 0. The molecule has 0 aromatic heterocycles.